The Morgan fingerprint density at radius 1 is 1.12 bits per heavy atom. The van der Waals surface area contributed by atoms with Crippen LogP contribution in [0.25, 0.3) is 0 Å². The van der Waals surface area contributed by atoms with Gasteiger partial charge in [-0.1, -0.05) is 31.4 Å². The summed E-state index contributed by atoms with van der Waals surface area (Å²) in [7, 11) is -0.183. The standard InChI is InChI=1S/C22H36N4O5S/c1-24(21-9-4-3-5-10-21)32(28,29)26-13-11-25(12-14-26)22(27)23-20-8-6-7-19(17-20)18-31-16-15-30-2/h6-8,17,21H,3-5,9-16,18H2,1-2H3,(H,23,27). The lowest BCUT2D eigenvalue weighted by atomic mass is 9.96. The molecule has 1 aromatic rings. The molecule has 0 unspecified atom stereocenters. The van der Waals surface area contributed by atoms with Gasteiger partial charge in [0.2, 0.25) is 0 Å². The Morgan fingerprint density at radius 3 is 2.53 bits per heavy atom. The van der Waals surface area contributed by atoms with E-state index in [4.69, 9.17) is 9.47 Å². The second kappa shape index (κ2) is 11.9. The van der Waals surface area contributed by atoms with Crippen LogP contribution >= 0.6 is 0 Å². The molecule has 2 amide bonds. The van der Waals surface area contributed by atoms with E-state index < -0.39 is 10.2 Å². The minimum Gasteiger partial charge on any atom is -0.382 e. The number of amides is 2. The lowest BCUT2D eigenvalue weighted by Gasteiger charge is -2.38. The fourth-order valence-electron chi connectivity index (χ4n) is 4.21. The summed E-state index contributed by atoms with van der Waals surface area (Å²) in [5, 5.41) is 2.91. The molecule has 1 aliphatic carbocycles. The number of piperazine rings is 1. The highest BCUT2D eigenvalue weighted by molar-refractivity contribution is 7.86. The number of methoxy groups -OCH3 is 1. The molecule has 0 radical (unpaired) electrons. The number of benzene rings is 1. The van der Waals surface area contributed by atoms with E-state index in [1.54, 1.807) is 23.4 Å². The van der Waals surface area contributed by atoms with Gasteiger partial charge in [0.1, 0.15) is 0 Å². The van der Waals surface area contributed by atoms with Crippen molar-refractivity contribution in [2.45, 2.75) is 44.8 Å². The average Bonchev–Trinajstić information content (AvgIpc) is 2.82. The van der Waals surface area contributed by atoms with Crippen LogP contribution in [0, 0.1) is 0 Å². The zero-order valence-electron chi connectivity index (χ0n) is 19.2. The first-order chi connectivity index (χ1) is 15.4. The largest absolute Gasteiger partial charge is 0.382 e. The van der Waals surface area contributed by atoms with Crippen LogP contribution in [0.15, 0.2) is 24.3 Å². The van der Waals surface area contributed by atoms with Crippen molar-refractivity contribution in [2.24, 2.45) is 0 Å². The fourth-order valence-corrected chi connectivity index (χ4v) is 5.79. The number of ether oxygens (including phenoxy) is 2. The van der Waals surface area contributed by atoms with Crippen LogP contribution in [0.4, 0.5) is 10.5 Å². The molecule has 0 bridgehead atoms. The Balaban J connectivity index is 1.49. The highest BCUT2D eigenvalue weighted by atomic mass is 32.2. The van der Waals surface area contributed by atoms with E-state index in [1.807, 2.05) is 24.3 Å². The smallest absolute Gasteiger partial charge is 0.321 e. The normalized spacial score (nSPS) is 18.8. The molecule has 3 rings (SSSR count). The van der Waals surface area contributed by atoms with Crippen molar-refractivity contribution < 1.29 is 22.7 Å². The summed E-state index contributed by atoms with van der Waals surface area (Å²) in [5.74, 6) is 0. The summed E-state index contributed by atoms with van der Waals surface area (Å²) in [6.07, 6.45) is 5.20. The summed E-state index contributed by atoms with van der Waals surface area (Å²) in [6.45, 7) is 2.83. The molecule has 0 aromatic heterocycles. The Morgan fingerprint density at radius 2 is 1.84 bits per heavy atom. The highest BCUT2D eigenvalue weighted by Gasteiger charge is 2.35. The summed E-state index contributed by atoms with van der Waals surface area (Å²) >= 11 is 0. The first-order valence-electron chi connectivity index (χ1n) is 11.4. The van der Waals surface area contributed by atoms with Crippen LogP contribution in [0.3, 0.4) is 0 Å². The fraction of sp³-hybridized carbons (Fsp3) is 0.682. The number of hydrogen-bond donors (Lipinski definition) is 1. The number of anilines is 1. The van der Waals surface area contributed by atoms with Crippen LogP contribution in [0.5, 0.6) is 0 Å². The Hall–Kier alpha value is -1.72. The Labute approximate surface area is 191 Å². The van der Waals surface area contributed by atoms with Gasteiger partial charge in [-0.15, -0.1) is 0 Å². The van der Waals surface area contributed by atoms with Crippen molar-refractivity contribution in [3.63, 3.8) is 0 Å². The van der Waals surface area contributed by atoms with Gasteiger partial charge < -0.3 is 19.7 Å². The maximum absolute atomic E-state index is 13.0. The van der Waals surface area contributed by atoms with E-state index in [9.17, 15) is 13.2 Å². The van der Waals surface area contributed by atoms with E-state index in [0.717, 1.165) is 31.2 Å². The summed E-state index contributed by atoms with van der Waals surface area (Å²) < 4.78 is 39.6. The predicted molar refractivity (Wildman–Crippen MR) is 124 cm³/mol. The molecule has 32 heavy (non-hydrogen) atoms. The number of rotatable bonds is 9. The maximum atomic E-state index is 13.0. The van der Waals surface area contributed by atoms with E-state index in [2.05, 4.69) is 5.32 Å². The van der Waals surface area contributed by atoms with Crippen molar-refractivity contribution in [1.29, 1.82) is 0 Å². The molecule has 1 saturated heterocycles. The molecule has 1 heterocycles. The van der Waals surface area contributed by atoms with Crippen LogP contribution < -0.4 is 5.32 Å². The maximum Gasteiger partial charge on any atom is 0.321 e. The summed E-state index contributed by atoms with van der Waals surface area (Å²) in [6, 6.07) is 7.38. The predicted octanol–water partition coefficient (Wildman–Crippen LogP) is 2.51. The minimum atomic E-state index is -3.50. The van der Waals surface area contributed by atoms with Crippen molar-refractivity contribution in [3.05, 3.63) is 29.8 Å². The molecule has 0 atom stereocenters. The Bertz CT molecular complexity index is 836. The third-order valence-electron chi connectivity index (χ3n) is 6.18. The summed E-state index contributed by atoms with van der Waals surface area (Å²) in [4.78, 5) is 14.4. The molecule has 2 fully saturated rings. The number of carbonyl (C=O) groups excluding carboxylic acids is 1. The van der Waals surface area contributed by atoms with Crippen LogP contribution in [-0.2, 0) is 26.3 Å². The quantitative estimate of drug-likeness (QED) is 0.563. The lowest BCUT2D eigenvalue weighted by molar-refractivity contribution is 0.0617. The number of hydrogen-bond acceptors (Lipinski definition) is 5. The Kier molecular flexibility index (Phi) is 9.30. The van der Waals surface area contributed by atoms with Gasteiger partial charge in [0.05, 0.1) is 19.8 Å². The van der Waals surface area contributed by atoms with E-state index >= 15 is 0 Å². The third-order valence-corrected chi connectivity index (χ3v) is 8.23. The van der Waals surface area contributed by atoms with Gasteiger partial charge in [0.15, 0.2) is 0 Å². The number of nitrogens with zero attached hydrogens (tertiary/aromatic N) is 3. The van der Waals surface area contributed by atoms with Crippen molar-refractivity contribution >= 4 is 21.9 Å². The van der Waals surface area contributed by atoms with Gasteiger partial charge in [0, 0.05) is 52.1 Å². The molecule has 180 valence electrons. The molecule has 0 spiro atoms. The molecule has 1 N–H and O–H groups in total. The highest BCUT2D eigenvalue weighted by Crippen LogP contribution is 2.25. The molecule has 1 saturated carbocycles. The molecule has 10 heteroatoms. The molecule has 1 aliphatic heterocycles. The van der Waals surface area contributed by atoms with E-state index in [1.165, 1.54) is 10.7 Å². The zero-order valence-corrected chi connectivity index (χ0v) is 20.0. The van der Waals surface area contributed by atoms with E-state index in [-0.39, 0.29) is 12.1 Å². The van der Waals surface area contributed by atoms with Gasteiger partial charge in [-0.25, -0.2) is 4.79 Å². The lowest BCUT2D eigenvalue weighted by Crippen LogP contribution is -2.55. The van der Waals surface area contributed by atoms with Crippen molar-refractivity contribution in [3.8, 4) is 0 Å². The first-order valence-corrected chi connectivity index (χ1v) is 12.8. The molecule has 9 nitrogen and oxygen atoms in total. The van der Waals surface area contributed by atoms with Gasteiger partial charge in [-0.05, 0) is 30.5 Å². The zero-order chi connectivity index (χ0) is 23.0. The molecular weight excluding hydrogens is 432 g/mol. The van der Waals surface area contributed by atoms with Crippen LogP contribution in [-0.4, -0.2) is 87.6 Å². The van der Waals surface area contributed by atoms with Crippen LogP contribution in [0.2, 0.25) is 0 Å². The monoisotopic (exact) mass is 468 g/mol. The number of urea groups is 1. The number of carbonyl (C=O) groups is 1. The molecule has 2 aliphatic rings. The van der Waals surface area contributed by atoms with Gasteiger partial charge >= 0.3 is 6.03 Å². The van der Waals surface area contributed by atoms with Gasteiger partial charge in [-0.2, -0.15) is 17.0 Å². The molecule has 1 aromatic carbocycles. The second-order valence-corrected chi connectivity index (χ2v) is 10.4. The van der Waals surface area contributed by atoms with Gasteiger partial charge in [-0.3, -0.25) is 0 Å². The SMILES string of the molecule is COCCOCc1cccc(NC(=O)N2CCN(S(=O)(=O)N(C)C3CCCCC3)CC2)c1. The number of nitrogens with one attached hydrogen (secondary N) is 1. The molecular formula is C22H36N4O5S. The van der Waals surface area contributed by atoms with Crippen molar-refractivity contribution in [1.82, 2.24) is 13.5 Å². The minimum absolute atomic E-state index is 0.0841. The second-order valence-electron chi connectivity index (χ2n) is 8.38. The third kappa shape index (κ3) is 6.64. The van der Waals surface area contributed by atoms with E-state index in [0.29, 0.717) is 51.7 Å². The van der Waals surface area contributed by atoms with Crippen LogP contribution in [0.1, 0.15) is 37.7 Å². The van der Waals surface area contributed by atoms with Gasteiger partial charge in [0.25, 0.3) is 10.2 Å². The topological polar surface area (TPSA) is 91.4 Å². The summed E-state index contributed by atoms with van der Waals surface area (Å²) in [5.41, 5.74) is 1.65. The first kappa shape index (κ1) is 24.9. The van der Waals surface area contributed by atoms with Crippen molar-refractivity contribution in [2.75, 3.05) is 58.9 Å². The average molecular weight is 469 g/mol.